The molecule has 0 aliphatic heterocycles. The Hall–Kier alpha value is -1.23. The summed E-state index contributed by atoms with van der Waals surface area (Å²) in [4.78, 5) is 6.44. The minimum absolute atomic E-state index is 0. The summed E-state index contributed by atoms with van der Waals surface area (Å²) in [7, 11) is 3.97. The Balaban J connectivity index is 0.00000625. The number of hydrogen-bond acceptors (Lipinski definition) is 3. The average molecular weight is 488 g/mol. The van der Waals surface area contributed by atoms with Crippen LogP contribution in [0.4, 0.5) is 13.2 Å². The zero-order chi connectivity index (χ0) is 19.1. The van der Waals surface area contributed by atoms with E-state index in [1.54, 1.807) is 12.1 Å². The van der Waals surface area contributed by atoms with Gasteiger partial charge in [-0.15, -0.1) is 37.1 Å². The van der Waals surface area contributed by atoms with Crippen LogP contribution in [-0.4, -0.2) is 49.9 Å². The van der Waals surface area contributed by atoms with Gasteiger partial charge in [-0.2, -0.15) is 0 Å². The van der Waals surface area contributed by atoms with Gasteiger partial charge in [-0.25, -0.2) is 4.99 Å². The molecular formula is C17H28F3IN4O. The predicted octanol–water partition coefficient (Wildman–Crippen LogP) is 3.60. The number of nitrogens with zero attached hydrogens (tertiary/aromatic N) is 2. The van der Waals surface area contributed by atoms with Gasteiger partial charge in [0.2, 0.25) is 0 Å². The van der Waals surface area contributed by atoms with Crippen molar-refractivity contribution in [3.05, 3.63) is 29.8 Å². The summed E-state index contributed by atoms with van der Waals surface area (Å²) < 4.78 is 41.5. The van der Waals surface area contributed by atoms with E-state index < -0.39 is 6.36 Å². The highest BCUT2D eigenvalue weighted by Crippen LogP contribution is 2.26. The van der Waals surface area contributed by atoms with Crippen LogP contribution in [0, 0.1) is 0 Å². The maximum Gasteiger partial charge on any atom is 0.573 e. The first-order valence-electron chi connectivity index (χ1n) is 8.08. The van der Waals surface area contributed by atoms with Crippen molar-refractivity contribution in [2.45, 2.75) is 39.2 Å². The molecule has 1 aromatic carbocycles. The summed E-state index contributed by atoms with van der Waals surface area (Å²) in [5, 5.41) is 6.30. The number of hydrogen-bond donors (Lipinski definition) is 2. The maximum atomic E-state index is 12.5. The van der Waals surface area contributed by atoms with E-state index in [1.807, 2.05) is 21.0 Å². The lowest BCUT2D eigenvalue weighted by Gasteiger charge is -2.33. The number of alkyl halides is 3. The molecule has 26 heavy (non-hydrogen) atoms. The Kier molecular flexibility index (Phi) is 10.3. The Bertz CT molecular complexity index is 577. The highest BCUT2D eigenvalue weighted by molar-refractivity contribution is 14.0. The van der Waals surface area contributed by atoms with E-state index in [1.165, 1.54) is 12.1 Å². The fourth-order valence-electron chi connectivity index (χ4n) is 1.82. The molecular weight excluding hydrogens is 460 g/mol. The maximum absolute atomic E-state index is 12.5. The first-order valence-corrected chi connectivity index (χ1v) is 8.08. The van der Waals surface area contributed by atoms with E-state index >= 15 is 0 Å². The molecule has 0 fully saturated rings. The highest BCUT2D eigenvalue weighted by atomic mass is 127. The van der Waals surface area contributed by atoms with Gasteiger partial charge >= 0.3 is 6.36 Å². The summed E-state index contributed by atoms with van der Waals surface area (Å²) in [5.41, 5.74) is 0.261. The fourth-order valence-corrected chi connectivity index (χ4v) is 1.82. The topological polar surface area (TPSA) is 48.9 Å². The van der Waals surface area contributed by atoms with Gasteiger partial charge in [-0.05, 0) is 40.9 Å². The van der Waals surface area contributed by atoms with Gasteiger partial charge in [0, 0.05) is 24.2 Å². The number of para-hydroxylation sites is 1. The van der Waals surface area contributed by atoms with Crippen molar-refractivity contribution in [1.29, 1.82) is 0 Å². The van der Waals surface area contributed by atoms with Crippen LogP contribution in [0.15, 0.2) is 29.3 Å². The van der Waals surface area contributed by atoms with Gasteiger partial charge in [0.15, 0.2) is 5.96 Å². The third kappa shape index (κ3) is 8.93. The Morgan fingerprint density at radius 1 is 1.15 bits per heavy atom. The lowest BCUT2D eigenvalue weighted by Crippen LogP contribution is -2.50. The van der Waals surface area contributed by atoms with E-state index in [0.717, 1.165) is 0 Å². The molecule has 5 nitrogen and oxygen atoms in total. The number of rotatable bonds is 7. The lowest BCUT2D eigenvalue weighted by atomic mass is 10.0. The van der Waals surface area contributed by atoms with Gasteiger partial charge in [0.05, 0.1) is 6.54 Å². The summed E-state index contributed by atoms with van der Waals surface area (Å²) in [6.45, 7) is 7.44. The third-order valence-electron chi connectivity index (χ3n) is 3.85. The molecule has 0 unspecified atom stereocenters. The average Bonchev–Trinajstić information content (AvgIpc) is 2.49. The zero-order valence-corrected chi connectivity index (χ0v) is 18.1. The van der Waals surface area contributed by atoms with Gasteiger partial charge in [-0.1, -0.05) is 18.2 Å². The number of nitrogens with one attached hydrogen (secondary N) is 2. The molecule has 0 saturated carbocycles. The second kappa shape index (κ2) is 10.8. The van der Waals surface area contributed by atoms with Gasteiger partial charge in [0.25, 0.3) is 0 Å². The number of benzene rings is 1. The Labute approximate surface area is 170 Å². The SMILES string of the molecule is CCNC(=NCc1ccccc1OC(F)(F)F)NCC(C)(C)N(C)C.I. The van der Waals surface area contributed by atoms with Crippen molar-refractivity contribution < 1.29 is 17.9 Å². The Morgan fingerprint density at radius 2 is 1.77 bits per heavy atom. The van der Waals surface area contributed by atoms with Crippen molar-refractivity contribution in [2.75, 3.05) is 27.2 Å². The van der Waals surface area contributed by atoms with Crippen molar-refractivity contribution in [1.82, 2.24) is 15.5 Å². The Morgan fingerprint density at radius 3 is 2.31 bits per heavy atom. The van der Waals surface area contributed by atoms with Crippen LogP contribution in [0.3, 0.4) is 0 Å². The normalized spacial score (nSPS) is 12.6. The van der Waals surface area contributed by atoms with E-state index in [0.29, 0.717) is 24.6 Å². The highest BCUT2D eigenvalue weighted by Gasteiger charge is 2.31. The van der Waals surface area contributed by atoms with Crippen LogP contribution in [0.2, 0.25) is 0 Å². The van der Waals surface area contributed by atoms with E-state index in [-0.39, 0.29) is 41.8 Å². The van der Waals surface area contributed by atoms with Crippen LogP contribution in [0.25, 0.3) is 0 Å². The van der Waals surface area contributed by atoms with Crippen LogP contribution >= 0.6 is 24.0 Å². The van der Waals surface area contributed by atoms with Crippen LogP contribution in [0.5, 0.6) is 5.75 Å². The van der Waals surface area contributed by atoms with Crippen LogP contribution in [-0.2, 0) is 6.54 Å². The summed E-state index contributed by atoms with van der Waals surface area (Å²) >= 11 is 0. The number of ether oxygens (including phenoxy) is 1. The number of halogens is 4. The molecule has 1 aromatic rings. The van der Waals surface area contributed by atoms with Crippen molar-refractivity contribution in [2.24, 2.45) is 4.99 Å². The van der Waals surface area contributed by atoms with Crippen molar-refractivity contribution in [3.63, 3.8) is 0 Å². The minimum atomic E-state index is -4.72. The molecule has 9 heteroatoms. The lowest BCUT2D eigenvalue weighted by molar-refractivity contribution is -0.274. The first-order chi connectivity index (χ1) is 11.5. The number of aliphatic imine (C=N–C) groups is 1. The van der Waals surface area contributed by atoms with Gasteiger partial charge in [-0.3, -0.25) is 0 Å². The quantitative estimate of drug-likeness (QED) is 0.350. The van der Waals surface area contributed by atoms with Crippen LogP contribution < -0.4 is 15.4 Å². The second-order valence-corrected chi connectivity index (χ2v) is 6.41. The summed E-state index contributed by atoms with van der Waals surface area (Å²) in [5.74, 6) is 0.308. The molecule has 2 N–H and O–H groups in total. The monoisotopic (exact) mass is 488 g/mol. The van der Waals surface area contributed by atoms with Gasteiger partial charge in [0.1, 0.15) is 5.75 Å². The van der Waals surface area contributed by atoms with Crippen LogP contribution in [0.1, 0.15) is 26.3 Å². The van der Waals surface area contributed by atoms with E-state index in [2.05, 4.69) is 39.1 Å². The number of likely N-dealkylation sites (N-methyl/N-ethyl adjacent to an activating group) is 1. The third-order valence-corrected chi connectivity index (χ3v) is 3.85. The van der Waals surface area contributed by atoms with E-state index in [9.17, 15) is 13.2 Å². The molecule has 0 aromatic heterocycles. The molecule has 0 heterocycles. The standard InChI is InChI=1S/C17H27F3N4O.HI/c1-6-21-15(23-12-16(2,3)24(4)5)22-11-13-9-7-8-10-14(13)25-17(18,19)20;/h7-10H,6,11-12H2,1-5H3,(H2,21,22,23);1H. The van der Waals surface area contributed by atoms with E-state index in [4.69, 9.17) is 0 Å². The largest absolute Gasteiger partial charge is 0.573 e. The van der Waals surface area contributed by atoms with Crippen molar-refractivity contribution >= 4 is 29.9 Å². The predicted molar refractivity (Wildman–Crippen MR) is 109 cm³/mol. The second-order valence-electron chi connectivity index (χ2n) is 6.41. The molecule has 0 aliphatic rings. The minimum Gasteiger partial charge on any atom is -0.405 e. The zero-order valence-electron chi connectivity index (χ0n) is 15.8. The molecule has 0 spiro atoms. The fraction of sp³-hybridized carbons (Fsp3) is 0.588. The van der Waals surface area contributed by atoms with Gasteiger partial charge < -0.3 is 20.3 Å². The molecule has 0 aliphatic carbocycles. The molecule has 0 radical (unpaired) electrons. The summed E-state index contributed by atoms with van der Waals surface area (Å²) in [6, 6.07) is 6.01. The molecule has 1 rings (SSSR count). The first kappa shape index (κ1) is 24.8. The van der Waals surface area contributed by atoms with Crippen molar-refractivity contribution in [3.8, 4) is 5.75 Å². The smallest absolute Gasteiger partial charge is 0.405 e. The molecule has 0 saturated heterocycles. The molecule has 0 atom stereocenters. The molecule has 0 bridgehead atoms. The molecule has 0 amide bonds. The summed E-state index contributed by atoms with van der Waals surface area (Å²) in [6.07, 6.45) is -4.72. The molecule has 150 valence electrons. The number of guanidine groups is 1.